The van der Waals surface area contributed by atoms with E-state index in [2.05, 4.69) is 0 Å². The number of nitrogens with zero attached hydrogens (tertiary/aromatic N) is 2. The van der Waals surface area contributed by atoms with E-state index in [1.54, 1.807) is 4.91 Å². The Morgan fingerprint density at radius 3 is 2.20 bits per heavy atom. The van der Waals surface area contributed by atoms with Crippen molar-refractivity contribution in [1.29, 1.82) is 5.53 Å². The van der Waals surface area contributed by atoms with E-state index in [-0.39, 0.29) is 0 Å². The van der Waals surface area contributed by atoms with E-state index < -0.39 is 18.6 Å². The molecule has 58 valence electrons. The summed E-state index contributed by atoms with van der Waals surface area (Å²) >= 11 is 0. The lowest BCUT2D eigenvalue weighted by Crippen LogP contribution is -2.33. The Labute approximate surface area is 56.5 Å². The molecule has 0 aromatic carbocycles. The number of carbonyl (C=O) groups is 1. The standard InChI is InChI=1S/C3H7NO3.HN3/c4-2(1-5)3(6)7;1-3-2/h2,5H,1,4H2,(H,6,7);1H. The molecule has 5 N–H and O–H groups in total. The van der Waals surface area contributed by atoms with Crippen molar-refractivity contribution in [3.63, 3.8) is 0 Å². The van der Waals surface area contributed by atoms with Gasteiger partial charge in [-0.15, -0.1) is 5.53 Å². The van der Waals surface area contributed by atoms with Crippen LogP contribution in [-0.4, -0.2) is 28.8 Å². The van der Waals surface area contributed by atoms with Crippen molar-refractivity contribution < 1.29 is 15.0 Å². The Hall–Kier alpha value is -1.30. The van der Waals surface area contributed by atoms with E-state index in [1.165, 1.54) is 0 Å². The monoisotopic (exact) mass is 148 g/mol. The molecule has 0 aliphatic heterocycles. The summed E-state index contributed by atoms with van der Waals surface area (Å²) in [5.41, 5.74) is 17.0. The maximum atomic E-state index is 9.65. The van der Waals surface area contributed by atoms with Crippen LogP contribution in [0.5, 0.6) is 0 Å². The molecule has 0 aliphatic carbocycles. The summed E-state index contributed by atoms with van der Waals surface area (Å²) in [6.07, 6.45) is 0. The molecule has 1 unspecified atom stereocenters. The number of nitrogens with one attached hydrogen (secondary N) is 1. The van der Waals surface area contributed by atoms with Gasteiger partial charge in [0, 0.05) is 0 Å². The Balaban J connectivity index is 0. The minimum atomic E-state index is -1.18. The summed E-state index contributed by atoms with van der Waals surface area (Å²) in [6, 6.07) is -1.13. The van der Waals surface area contributed by atoms with Crippen LogP contribution in [0.1, 0.15) is 0 Å². The zero-order valence-electron chi connectivity index (χ0n) is 5.06. The van der Waals surface area contributed by atoms with Crippen LogP contribution >= 0.6 is 0 Å². The van der Waals surface area contributed by atoms with Crippen molar-refractivity contribution >= 4 is 5.97 Å². The first-order chi connectivity index (χ1) is 4.59. The van der Waals surface area contributed by atoms with Crippen molar-refractivity contribution in [2.45, 2.75) is 6.04 Å². The quantitative estimate of drug-likeness (QED) is 0.232. The Kier molecular flexibility index (Phi) is 8.85. The van der Waals surface area contributed by atoms with Gasteiger partial charge < -0.3 is 15.9 Å². The van der Waals surface area contributed by atoms with Crippen LogP contribution in [-0.2, 0) is 4.79 Å². The molecule has 7 heteroatoms. The summed E-state index contributed by atoms with van der Waals surface area (Å²) < 4.78 is 0. The Morgan fingerprint density at radius 1 is 1.90 bits per heavy atom. The summed E-state index contributed by atoms with van der Waals surface area (Å²) in [6.45, 7) is -0.505. The highest BCUT2D eigenvalue weighted by molar-refractivity contribution is 5.73. The third kappa shape index (κ3) is 9.85. The van der Waals surface area contributed by atoms with Gasteiger partial charge in [0.25, 0.3) is 0 Å². The smallest absolute Gasteiger partial charge is 0.322 e. The van der Waals surface area contributed by atoms with Gasteiger partial charge >= 0.3 is 5.97 Å². The number of rotatable bonds is 2. The molecule has 0 heterocycles. The fraction of sp³-hybridized carbons (Fsp3) is 0.667. The van der Waals surface area contributed by atoms with Crippen molar-refractivity contribution in [2.75, 3.05) is 6.61 Å². The lowest BCUT2D eigenvalue weighted by Gasteiger charge is -1.96. The number of carboxylic acids is 1. The first-order valence-electron chi connectivity index (χ1n) is 2.20. The second-order valence-corrected chi connectivity index (χ2v) is 1.23. The molecule has 0 bridgehead atoms. The van der Waals surface area contributed by atoms with Crippen LogP contribution in [0.2, 0.25) is 0 Å². The van der Waals surface area contributed by atoms with Crippen LogP contribution in [0.3, 0.4) is 0 Å². The topological polar surface area (TPSA) is 144 Å². The van der Waals surface area contributed by atoms with Gasteiger partial charge in [0.1, 0.15) is 6.04 Å². The minimum absolute atomic E-state index is 0.505. The number of aliphatic hydroxyl groups excluding tert-OH is 1. The molecular weight excluding hydrogens is 140 g/mol. The van der Waals surface area contributed by atoms with E-state index in [0.717, 1.165) is 0 Å². The van der Waals surface area contributed by atoms with Crippen LogP contribution in [0, 0.1) is 5.53 Å². The number of hydrogen-bond donors (Lipinski definition) is 4. The average molecular weight is 148 g/mol. The Bertz CT molecular complexity index is 130. The summed E-state index contributed by atoms with van der Waals surface area (Å²) in [5.74, 6) is -1.18. The lowest BCUT2D eigenvalue weighted by atomic mass is 10.3. The first kappa shape index (κ1) is 11.5. The summed E-state index contributed by atoms with van der Waals surface area (Å²) in [4.78, 5) is 11.4. The van der Waals surface area contributed by atoms with Gasteiger partial charge in [-0.25, -0.2) is 0 Å². The van der Waals surface area contributed by atoms with Crippen molar-refractivity contribution in [3.8, 4) is 0 Å². The molecule has 0 aromatic heterocycles. The molecule has 0 saturated heterocycles. The van der Waals surface area contributed by atoms with Crippen LogP contribution in [0.4, 0.5) is 0 Å². The highest BCUT2D eigenvalue weighted by Crippen LogP contribution is 1.71. The van der Waals surface area contributed by atoms with Gasteiger partial charge in [-0.05, 0) is 10.4 Å². The molecule has 0 fully saturated rings. The van der Waals surface area contributed by atoms with Gasteiger partial charge in [-0.2, -0.15) is 0 Å². The van der Waals surface area contributed by atoms with Gasteiger partial charge in [-0.3, -0.25) is 4.79 Å². The van der Waals surface area contributed by atoms with Gasteiger partial charge in [-0.1, -0.05) is 0 Å². The zero-order chi connectivity index (χ0) is 8.57. The largest absolute Gasteiger partial charge is 0.480 e. The number of aliphatic carboxylic acids is 1. The molecule has 0 aromatic rings. The van der Waals surface area contributed by atoms with Crippen LogP contribution < -0.4 is 5.73 Å². The fourth-order valence-electron chi connectivity index (χ4n) is 0.0781. The second-order valence-electron chi connectivity index (χ2n) is 1.23. The molecule has 0 spiro atoms. The highest BCUT2D eigenvalue weighted by atomic mass is 16.4. The van der Waals surface area contributed by atoms with Crippen molar-refractivity contribution in [1.82, 2.24) is 0 Å². The van der Waals surface area contributed by atoms with E-state index in [4.69, 9.17) is 27.0 Å². The minimum Gasteiger partial charge on any atom is -0.480 e. The SMILES string of the molecule is NC(CO)C(=O)O.[N-]=[N+]=N. The fourth-order valence-corrected chi connectivity index (χ4v) is 0.0781. The lowest BCUT2D eigenvalue weighted by molar-refractivity contribution is -0.139. The number of carboxylic acid groups (broad SMARTS) is 1. The average Bonchev–Trinajstić information content (AvgIpc) is 1.88. The van der Waals surface area contributed by atoms with E-state index in [9.17, 15) is 4.79 Å². The summed E-state index contributed by atoms with van der Waals surface area (Å²) in [7, 11) is 0. The van der Waals surface area contributed by atoms with Gasteiger partial charge in [0.15, 0.2) is 0 Å². The van der Waals surface area contributed by atoms with Crippen molar-refractivity contribution in [2.24, 2.45) is 5.73 Å². The molecule has 0 amide bonds. The third-order valence-electron chi connectivity index (χ3n) is 0.514. The van der Waals surface area contributed by atoms with E-state index in [1.807, 2.05) is 0 Å². The first-order valence-corrected chi connectivity index (χ1v) is 2.20. The summed E-state index contributed by atoms with van der Waals surface area (Å²) in [5, 5.41) is 15.9. The number of nitrogens with two attached hydrogens (primary N) is 1. The second kappa shape index (κ2) is 7.70. The zero-order valence-corrected chi connectivity index (χ0v) is 5.06. The molecular formula is C3H8N4O3. The van der Waals surface area contributed by atoms with Gasteiger partial charge in [0.05, 0.1) is 6.61 Å². The normalized spacial score (nSPS) is 10.2. The van der Waals surface area contributed by atoms with E-state index >= 15 is 0 Å². The molecule has 0 radical (unpaired) electrons. The maximum Gasteiger partial charge on any atom is 0.322 e. The molecule has 0 aliphatic rings. The van der Waals surface area contributed by atoms with Gasteiger partial charge in [0.2, 0.25) is 0 Å². The highest BCUT2D eigenvalue weighted by Gasteiger charge is 2.06. The third-order valence-corrected chi connectivity index (χ3v) is 0.514. The molecule has 10 heavy (non-hydrogen) atoms. The molecule has 1 atom stereocenters. The maximum absolute atomic E-state index is 9.65. The molecule has 0 saturated carbocycles. The predicted molar refractivity (Wildman–Crippen MR) is 32.1 cm³/mol. The number of aliphatic hydroxyl groups is 1. The van der Waals surface area contributed by atoms with Crippen molar-refractivity contribution in [3.05, 3.63) is 10.4 Å². The van der Waals surface area contributed by atoms with Crippen LogP contribution in [0.15, 0.2) is 0 Å². The number of hydrogen-bond acceptors (Lipinski definition) is 4. The predicted octanol–water partition coefficient (Wildman–Crippen LogP) is -0.734. The molecule has 0 rings (SSSR count). The molecule has 7 nitrogen and oxygen atoms in total. The van der Waals surface area contributed by atoms with Crippen LogP contribution in [0.25, 0.3) is 10.4 Å². The van der Waals surface area contributed by atoms with E-state index in [0.29, 0.717) is 0 Å². The Morgan fingerprint density at radius 2 is 2.20 bits per heavy atom.